The molecule has 6 heavy (non-hydrogen) atoms. The van der Waals surface area contributed by atoms with Gasteiger partial charge in [0.15, 0.2) is 0 Å². The van der Waals surface area contributed by atoms with E-state index in [2.05, 4.69) is 24.9 Å². The van der Waals surface area contributed by atoms with Gasteiger partial charge >= 0.3 is 0 Å². The van der Waals surface area contributed by atoms with Crippen LogP contribution in [0, 0.1) is 0 Å². The zero-order chi connectivity index (χ0) is 4.62. The first-order chi connectivity index (χ1) is 2.77. The second-order valence-corrected chi connectivity index (χ2v) is 2.39. The molecule has 0 amide bonds. The monoisotopic (exact) mass is 103 g/mol. The van der Waals surface area contributed by atoms with Gasteiger partial charge in [0, 0.05) is 17.8 Å². The molecule has 0 bridgehead atoms. The zero-order valence-corrected chi connectivity index (χ0v) is 4.76. The summed E-state index contributed by atoms with van der Waals surface area (Å²) in [6, 6.07) is 0. The molecule has 36 valence electrons. The smallest absolute Gasteiger partial charge is 0.0367 e. The van der Waals surface area contributed by atoms with Crippen molar-refractivity contribution in [2.24, 2.45) is 0 Å². The number of thiol groups is 1. The Balaban J connectivity index is 2.28. The van der Waals surface area contributed by atoms with E-state index in [1.807, 2.05) is 0 Å². The first-order valence-corrected chi connectivity index (χ1v) is 2.76. The average molecular weight is 103 g/mol. The zero-order valence-electron chi connectivity index (χ0n) is 3.86. The van der Waals surface area contributed by atoms with Crippen LogP contribution in [0.15, 0.2) is 0 Å². The Morgan fingerprint density at radius 3 is 2.50 bits per heavy atom. The van der Waals surface area contributed by atoms with Gasteiger partial charge < -0.3 is 5.32 Å². The van der Waals surface area contributed by atoms with E-state index >= 15 is 0 Å². The molecule has 1 atom stereocenters. The Morgan fingerprint density at radius 2 is 2.50 bits per heavy atom. The van der Waals surface area contributed by atoms with E-state index < -0.39 is 0 Å². The summed E-state index contributed by atoms with van der Waals surface area (Å²) < 4.78 is 0. The number of rotatable bonds is 1. The lowest BCUT2D eigenvalue weighted by Gasteiger charge is -1.94. The Morgan fingerprint density at radius 1 is 2.00 bits per heavy atom. The van der Waals surface area contributed by atoms with E-state index in [-0.39, 0.29) is 0 Å². The number of nitrogens with one attached hydrogen (secondary N) is 1. The average Bonchev–Trinajstić information content (AvgIpc) is 2.22. The second-order valence-electron chi connectivity index (χ2n) is 2.07. The van der Waals surface area contributed by atoms with Crippen molar-refractivity contribution < 1.29 is 0 Å². The van der Waals surface area contributed by atoms with Crippen LogP contribution in [0.4, 0.5) is 0 Å². The molecule has 0 aromatic heterocycles. The summed E-state index contributed by atoms with van der Waals surface area (Å²) in [6.45, 7) is 3.32. The van der Waals surface area contributed by atoms with Crippen LogP contribution >= 0.6 is 12.6 Å². The highest BCUT2D eigenvalue weighted by molar-refractivity contribution is 7.80. The molecule has 0 aromatic rings. The first-order valence-electron chi connectivity index (χ1n) is 2.13. The van der Waals surface area contributed by atoms with Gasteiger partial charge in [0.2, 0.25) is 0 Å². The Labute approximate surface area is 43.5 Å². The molecule has 1 unspecified atom stereocenters. The SMILES string of the molecule is CC1(CS)CN1. The summed E-state index contributed by atoms with van der Waals surface area (Å²) >= 11 is 4.10. The van der Waals surface area contributed by atoms with Gasteiger partial charge in [0.1, 0.15) is 0 Å². The fourth-order valence-corrected chi connectivity index (χ4v) is 0.486. The summed E-state index contributed by atoms with van der Waals surface area (Å²) in [7, 11) is 0. The predicted molar refractivity (Wildman–Crippen MR) is 30.3 cm³/mol. The third kappa shape index (κ3) is 0.684. The molecular weight excluding hydrogens is 94.1 g/mol. The molecule has 0 aromatic carbocycles. The van der Waals surface area contributed by atoms with Crippen molar-refractivity contribution in [2.45, 2.75) is 12.5 Å². The molecule has 0 saturated carbocycles. The summed E-state index contributed by atoms with van der Waals surface area (Å²) in [5.41, 5.74) is 0.406. The lowest BCUT2D eigenvalue weighted by atomic mass is 10.2. The normalized spacial score (nSPS) is 43.0. The highest BCUT2D eigenvalue weighted by atomic mass is 32.1. The molecule has 1 nitrogen and oxygen atoms in total. The van der Waals surface area contributed by atoms with Crippen molar-refractivity contribution in [3.05, 3.63) is 0 Å². The van der Waals surface area contributed by atoms with E-state index in [1.165, 1.54) is 0 Å². The van der Waals surface area contributed by atoms with Crippen LogP contribution in [0.5, 0.6) is 0 Å². The number of hydrogen-bond acceptors (Lipinski definition) is 2. The lowest BCUT2D eigenvalue weighted by Crippen LogP contribution is -2.09. The van der Waals surface area contributed by atoms with E-state index in [9.17, 15) is 0 Å². The van der Waals surface area contributed by atoms with Crippen molar-refractivity contribution >= 4 is 12.6 Å². The molecule has 2 heteroatoms. The molecule has 0 aliphatic carbocycles. The lowest BCUT2D eigenvalue weighted by molar-refractivity contribution is 0.802. The van der Waals surface area contributed by atoms with Crippen LogP contribution in [0.2, 0.25) is 0 Å². The first kappa shape index (κ1) is 4.47. The molecule has 1 heterocycles. The van der Waals surface area contributed by atoms with Gasteiger partial charge in [-0.05, 0) is 6.92 Å². The topological polar surface area (TPSA) is 21.9 Å². The fourth-order valence-electron chi connectivity index (χ4n) is 0.263. The van der Waals surface area contributed by atoms with E-state index in [0.29, 0.717) is 5.54 Å². The fraction of sp³-hybridized carbons (Fsp3) is 1.00. The summed E-state index contributed by atoms with van der Waals surface area (Å²) in [5.74, 6) is 0.965. The molecule has 1 fully saturated rings. The molecule has 1 N–H and O–H groups in total. The van der Waals surface area contributed by atoms with E-state index in [1.54, 1.807) is 0 Å². The summed E-state index contributed by atoms with van der Waals surface area (Å²) in [5, 5.41) is 3.18. The van der Waals surface area contributed by atoms with Crippen molar-refractivity contribution in [3.63, 3.8) is 0 Å². The van der Waals surface area contributed by atoms with Crippen LogP contribution < -0.4 is 5.32 Å². The maximum atomic E-state index is 4.10. The molecule has 1 aliphatic rings. The highest BCUT2D eigenvalue weighted by Crippen LogP contribution is 2.15. The van der Waals surface area contributed by atoms with Gasteiger partial charge in [0.05, 0.1) is 0 Å². The van der Waals surface area contributed by atoms with Gasteiger partial charge in [-0.3, -0.25) is 0 Å². The molecule has 1 aliphatic heterocycles. The molecule has 1 saturated heterocycles. The molecule has 1 rings (SSSR count). The Bertz CT molecular complexity index is 58.6. The van der Waals surface area contributed by atoms with E-state index in [4.69, 9.17) is 0 Å². The highest BCUT2D eigenvalue weighted by Gasteiger charge is 2.34. The van der Waals surface area contributed by atoms with Crippen LogP contribution in [0.3, 0.4) is 0 Å². The molecular formula is C4H9NS. The van der Waals surface area contributed by atoms with Crippen LogP contribution in [-0.4, -0.2) is 17.8 Å². The second kappa shape index (κ2) is 1.14. The van der Waals surface area contributed by atoms with Gasteiger partial charge in [-0.1, -0.05) is 0 Å². The van der Waals surface area contributed by atoms with Crippen molar-refractivity contribution in [1.29, 1.82) is 0 Å². The standard InChI is InChI=1S/C4H9NS/c1-4(3-6)2-5-4/h5-6H,2-3H2,1H3. The quantitative estimate of drug-likeness (QED) is 0.361. The van der Waals surface area contributed by atoms with E-state index in [0.717, 1.165) is 12.3 Å². The minimum Gasteiger partial charge on any atom is -0.308 e. The Kier molecular flexibility index (Phi) is 0.848. The minimum atomic E-state index is 0.406. The summed E-state index contributed by atoms with van der Waals surface area (Å²) in [6.07, 6.45) is 0. The minimum absolute atomic E-state index is 0.406. The Hall–Kier alpha value is 0.310. The summed E-state index contributed by atoms with van der Waals surface area (Å²) in [4.78, 5) is 0. The van der Waals surface area contributed by atoms with Gasteiger partial charge in [-0.25, -0.2) is 0 Å². The van der Waals surface area contributed by atoms with Gasteiger partial charge in [-0.2, -0.15) is 12.6 Å². The third-order valence-corrected chi connectivity index (χ3v) is 1.83. The molecule has 0 radical (unpaired) electrons. The van der Waals surface area contributed by atoms with Gasteiger partial charge in [0.25, 0.3) is 0 Å². The maximum absolute atomic E-state index is 4.10. The van der Waals surface area contributed by atoms with Crippen molar-refractivity contribution in [2.75, 3.05) is 12.3 Å². The van der Waals surface area contributed by atoms with Crippen LogP contribution in [0.1, 0.15) is 6.92 Å². The third-order valence-electron chi connectivity index (χ3n) is 1.13. The van der Waals surface area contributed by atoms with Crippen molar-refractivity contribution in [1.82, 2.24) is 5.32 Å². The van der Waals surface area contributed by atoms with Crippen molar-refractivity contribution in [3.8, 4) is 0 Å². The maximum Gasteiger partial charge on any atom is 0.0367 e. The predicted octanol–water partition coefficient (Wildman–Crippen LogP) is 0.278. The van der Waals surface area contributed by atoms with Crippen LogP contribution in [0.25, 0.3) is 0 Å². The number of hydrogen-bond donors (Lipinski definition) is 2. The van der Waals surface area contributed by atoms with Gasteiger partial charge in [-0.15, -0.1) is 0 Å². The van der Waals surface area contributed by atoms with Crippen LogP contribution in [-0.2, 0) is 0 Å². The largest absolute Gasteiger partial charge is 0.308 e. The molecule has 0 spiro atoms.